The predicted octanol–water partition coefficient (Wildman–Crippen LogP) is 3.64. The lowest BCUT2D eigenvalue weighted by molar-refractivity contribution is -0.118. The van der Waals surface area contributed by atoms with Gasteiger partial charge in [0, 0.05) is 11.8 Å². The van der Waals surface area contributed by atoms with Crippen LogP contribution < -0.4 is 15.4 Å². The standard InChI is InChI=1S/C21H24N2O5S/c1-12-8-9-14-17(10-12)29-20(19(14)21(26)27-3)23-18(25)11-28-16-7-5-4-6-15(16)22-13(2)24/h4-7,12H,8-11H2,1-3H3,(H,22,24)(H,23,25). The Morgan fingerprint density at radius 1 is 1.21 bits per heavy atom. The van der Waals surface area contributed by atoms with Crippen LogP contribution in [0.25, 0.3) is 0 Å². The normalized spacial score (nSPS) is 15.2. The van der Waals surface area contributed by atoms with Gasteiger partial charge >= 0.3 is 5.97 Å². The fraction of sp³-hybridized carbons (Fsp3) is 0.381. The number of benzene rings is 1. The highest BCUT2D eigenvalue weighted by Gasteiger charge is 2.28. The van der Waals surface area contributed by atoms with Gasteiger partial charge in [-0.1, -0.05) is 19.1 Å². The van der Waals surface area contributed by atoms with Gasteiger partial charge in [-0.3, -0.25) is 9.59 Å². The molecule has 1 atom stereocenters. The Kier molecular flexibility index (Phi) is 6.53. The predicted molar refractivity (Wildman–Crippen MR) is 112 cm³/mol. The summed E-state index contributed by atoms with van der Waals surface area (Å²) in [5.74, 6) is -0.121. The molecule has 0 saturated heterocycles. The number of carbonyl (C=O) groups is 3. The van der Waals surface area contributed by atoms with Crippen molar-refractivity contribution < 1.29 is 23.9 Å². The van der Waals surface area contributed by atoms with Crippen molar-refractivity contribution in [2.75, 3.05) is 24.4 Å². The summed E-state index contributed by atoms with van der Waals surface area (Å²) in [6.07, 6.45) is 2.69. The van der Waals surface area contributed by atoms with Gasteiger partial charge in [-0.05, 0) is 42.9 Å². The summed E-state index contributed by atoms with van der Waals surface area (Å²) in [6, 6.07) is 6.88. The molecule has 0 aliphatic heterocycles. The number of para-hydroxylation sites is 2. The van der Waals surface area contributed by atoms with E-state index in [1.165, 1.54) is 25.4 Å². The van der Waals surface area contributed by atoms with Crippen LogP contribution in [0.4, 0.5) is 10.7 Å². The Labute approximate surface area is 173 Å². The van der Waals surface area contributed by atoms with Crippen molar-refractivity contribution in [1.29, 1.82) is 0 Å². The average molecular weight is 416 g/mol. The molecule has 29 heavy (non-hydrogen) atoms. The quantitative estimate of drug-likeness (QED) is 0.702. The van der Waals surface area contributed by atoms with Crippen molar-refractivity contribution in [2.45, 2.75) is 33.1 Å². The molecule has 8 heteroatoms. The fourth-order valence-electron chi connectivity index (χ4n) is 3.35. The number of thiophene rings is 1. The molecular formula is C21H24N2O5S. The molecule has 2 aromatic rings. The number of rotatable bonds is 6. The number of carbonyl (C=O) groups excluding carboxylic acids is 3. The van der Waals surface area contributed by atoms with Gasteiger partial charge in [0.05, 0.1) is 18.4 Å². The van der Waals surface area contributed by atoms with Crippen molar-refractivity contribution in [3.8, 4) is 5.75 Å². The second-order valence-electron chi connectivity index (χ2n) is 7.06. The van der Waals surface area contributed by atoms with Crippen LogP contribution in [0.1, 0.15) is 41.1 Å². The second kappa shape index (κ2) is 9.09. The maximum atomic E-state index is 12.5. The highest BCUT2D eigenvalue weighted by molar-refractivity contribution is 7.17. The molecule has 1 aliphatic rings. The lowest BCUT2D eigenvalue weighted by Crippen LogP contribution is -2.21. The minimum Gasteiger partial charge on any atom is -0.482 e. The van der Waals surface area contributed by atoms with E-state index in [9.17, 15) is 14.4 Å². The molecule has 0 bridgehead atoms. The highest BCUT2D eigenvalue weighted by Crippen LogP contribution is 2.40. The first kappa shape index (κ1) is 20.9. The van der Waals surface area contributed by atoms with Gasteiger partial charge in [-0.25, -0.2) is 4.79 Å². The lowest BCUT2D eigenvalue weighted by atomic mass is 9.88. The molecule has 1 heterocycles. The number of fused-ring (bicyclic) bond motifs is 1. The summed E-state index contributed by atoms with van der Waals surface area (Å²) in [7, 11) is 1.34. The number of methoxy groups -OCH3 is 1. The van der Waals surface area contributed by atoms with E-state index in [1.807, 2.05) is 0 Å². The number of hydrogen-bond donors (Lipinski definition) is 2. The van der Waals surface area contributed by atoms with Crippen molar-refractivity contribution in [3.63, 3.8) is 0 Å². The molecule has 0 spiro atoms. The third kappa shape index (κ3) is 4.95. The van der Waals surface area contributed by atoms with Crippen LogP contribution >= 0.6 is 11.3 Å². The highest BCUT2D eigenvalue weighted by atomic mass is 32.1. The number of esters is 1. The first-order chi connectivity index (χ1) is 13.9. The molecule has 0 radical (unpaired) electrons. The van der Waals surface area contributed by atoms with Crippen LogP contribution in [0.3, 0.4) is 0 Å². The van der Waals surface area contributed by atoms with E-state index in [0.717, 1.165) is 29.7 Å². The first-order valence-electron chi connectivity index (χ1n) is 9.41. The summed E-state index contributed by atoms with van der Waals surface area (Å²) in [5.41, 5.74) is 1.92. The fourth-order valence-corrected chi connectivity index (χ4v) is 4.76. The number of nitrogens with one attached hydrogen (secondary N) is 2. The number of anilines is 2. The van der Waals surface area contributed by atoms with Crippen molar-refractivity contribution >= 4 is 39.8 Å². The van der Waals surface area contributed by atoms with E-state index in [-0.39, 0.29) is 18.4 Å². The average Bonchev–Trinajstić information content (AvgIpc) is 3.03. The maximum absolute atomic E-state index is 12.5. The molecule has 0 saturated carbocycles. The molecular weight excluding hydrogens is 392 g/mol. The Bertz CT molecular complexity index is 937. The smallest absolute Gasteiger partial charge is 0.341 e. The molecule has 1 aliphatic carbocycles. The van der Waals surface area contributed by atoms with Gasteiger partial charge in [0.25, 0.3) is 5.91 Å². The largest absolute Gasteiger partial charge is 0.482 e. The van der Waals surface area contributed by atoms with Gasteiger partial charge in [0.1, 0.15) is 10.8 Å². The van der Waals surface area contributed by atoms with E-state index in [1.54, 1.807) is 24.3 Å². The van der Waals surface area contributed by atoms with Crippen LogP contribution in [-0.4, -0.2) is 31.5 Å². The second-order valence-corrected chi connectivity index (χ2v) is 8.17. The summed E-state index contributed by atoms with van der Waals surface area (Å²) >= 11 is 1.43. The van der Waals surface area contributed by atoms with E-state index >= 15 is 0 Å². The van der Waals surface area contributed by atoms with Crippen LogP contribution in [0.2, 0.25) is 0 Å². The topological polar surface area (TPSA) is 93.7 Å². The summed E-state index contributed by atoms with van der Waals surface area (Å²) in [4.78, 5) is 37.2. The van der Waals surface area contributed by atoms with Gasteiger partial charge < -0.3 is 20.1 Å². The number of amides is 2. The SMILES string of the molecule is COC(=O)c1c(NC(=O)COc2ccccc2NC(C)=O)sc2c1CCC(C)C2. The van der Waals surface area contributed by atoms with Crippen LogP contribution in [-0.2, 0) is 27.2 Å². The Hall–Kier alpha value is -2.87. The van der Waals surface area contributed by atoms with E-state index in [4.69, 9.17) is 9.47 Å². The molecule has 2 amide bonds. The van der Waals surface area contributed by atoms with Crippen molar-refractivity contribution in [1.82, 2.24) is 0 Å². The van der Waals surface area contributed by atoms with E-state index < -0.39 is 5.97 Å². The van der Waals surface area contributed by atoms with Crippen LogP contribution in [0.5, 0.6) is 5.75 Å². The minimum absolute atomic E-state index is 0.230. The lowest BCUT2D eigenvalue weighted by Gasteiger charge is -2.18. The van der Waals surface area contributed by atoms with E-state index in [2.05, 4.69) is 17.6 Å². The Morgan fingerprint density at radius 3 is 2.69 bits per heavy atom. The monoisotopic (exact) mass is 416 g/mol. The summed E-state index contributed by atoms with van der Waals surface area (Å²) < 4.78 is 10.5. The molecule has 2 N–H and O–H groups in total. The third-order valence-electron chi connectivity index (χ3n) is 4.71. The molecule has 154 valence electrons. The summed E-state index contributed by atoms with van der Waals surface area (Å²) in [5, 5.41) is 5.96. The van der Waals surface area contributed by atoms with E-state index in [0.29, 0.717) is 27.9 Å². The van der Waals surface area contributed by atoms with Crippen LogP contribution in [0, 0.1) is 5.92 Å². The first-order valence-corrected chi connectivity index (χ1v) is 10.2. The van der Waals surface area contributed by atoms with Gasteiger partial charge in [-0.2, -0.15) is 0 Å². The number of ether oxygens (including phenoxy) is 2. The van der Waals surface area contributed by atoms with Crippen molar-refractivity contribution in [2.24, 2.45) is 5.92 Å². The molecule has 1 aromatic heterocycles. The molecule has 0 fully saturated rings. The summed E-state index contributed by atoms with van der Waals surface area (Å²) in [6.45, 7) is 3.33. The Balaban J connectivity index is 1.73. The Morgan fingerprint density at radius 2 is 1.97 bits per heavy atom. The molecule has 1 aromatic carbocycles. The zero-order valence-electron chi connectivity index (χ0n) is 16.7. The zero-order chi connectivity index (χ0) is 21.0. The molecule has 1 unspecified atom stereocenters. The van der Waals surface area contributed by atoms with Crippen LogP contribution in [0.15, 0.2) is 24.3 Å². The third-order valence-corrected chi connectivity index (χ3v) is 5.88. The zero-order valence-corrected chi connectivity index (χ0v) is 17.5. The minimum atomic E-state index is -0.440. The van der Waals surface area contributed by atoms with Gasteiger partial charge in [0.15, 0.2) is 6.61 Å². The van der Waals surface area contributed by atoms with Gasteiger partial charge in [-0.15, -0.1) is 11.3 Å². The molecule has 3 rings (SSSR count). The molecule has 7 nitrogen and oxygen atoms in total. The van der Waals surface area contributed by atoms with Crippen molar-refractivity contribution in [3.05, 3.63) is 40.3 Å². The van der Waals surface area contributed by atoms with Gasteiger partial charge in [0.2, 0.25) is 5.91 Å². The number of hydrogen-bond acceptors (Lipinski definition) is 6. The maximum Gasteiger partial charge on any atom is 0.341 e.